The maximum atomic E-state index is 9.79. The van der Waals surface area contributed by atoms with E-state index in [2.05, 4.69) is 19.9 Å². The summed E-state index contributed by atoms with van der Waals surface area (Å²) in [4.78, 5) is 0. The maximum absolute atomic E-state index is 9.79. The molecule has 0 aromatic rings. The first kappa shape index (κ1) is 10.7. The van der Waals surface area contributed by atoms with Gasteiger partial charge in [-0.1, -0.05) is 39.8 Å². The van der Waals surface area contributed by atoms with Crippen LogP contribution in [0.2, 0.25) is 0 Å². The second-order valence-electron chi connectivity index (χ2n) is 3.41. The average molecular weight is 156 g/mol. The summed E-state index contributed by atoms with van der Waals surface area (Å²) in [5.41, 5.74) is -0.565. The molecule has 0 aliphatic rings. The van der Waals surface area contributed by atoms with Crippen molar-refractivity contribution in [2.75, 3.05) is 0 Å². The van der Waals surface area contributed by atoms with Gasteiger partial charge in [0.25, 0.3) is 0 Å². The number of rotatable bonds is 4. The Morgan fingerprint density at radius 1 is 1.27 bits per heavy atom. The molecular weight excluding hydrogens is 136 g/mol. The van der Waals surface area contributed by atoms with Gasteiger partial charge in [0.2, 0.25) is 0 Å². The van der Waals surface area contributed by atoms with Crippen LogP contribution in [0.15, 0.2) is 12.2 Å². The summed E-state index contributed by atoms with van der Waals surface area (Å²) < 4.78 is 0. The first-order valence-corrected chi connectivity index (χ1v) is 4.45. The van der Waals surface area contributed by atoms with Gasteiger partial charge in [0.15, 0.2) is 0 Å². The molecule has 0 saturated heterocycles. The van der Waals surface area contributed by atoms with Gasteiger partial charge in [0.1, 0.15) is 0 Å². The molecule has 1 heteroatoms. The molecule has 0 aliphatic carbocycles. The molecule has 0 saturated carbocycles. The molecule has 1 nitrogen and oxygen atoms in total. The molecule has 0 atom stereocenters. The summed E-state index contributed by atoms with van der Waals surface area (Å²) >= 11 is 0. The third kappa shape index (κ3) is 4.20. The molecule has 66 valence electrons. The van der Waals surface area contributed by atoms with Crippen LogP contribution in [0.1, 0.15) is 40.5 Å². The largest absolute Gasteiger partial charge is 0.386 e. The van der Waals surface area contributed by atoms with Crippen molar-refractivity contribution in [3.8, 4) is 0 Å². The fourth-order valence-corrected chi connectivity index (χ4v) is 0.857. The Morgan fingerprint density at radius 2 is 1.73 bits per heavy atom. The van der Waals surface area contributed by atoms with E-state index < -0.39 is 5.60 Å². The van der Waals surface area contributed by atoms with Crippen LogP contribution in [0.25, 0.3) is 0 Å². The van der Waals surface area contributed by atoms with Crippen LogP contribution in [0.5, 0.6) is 0 Å². The van der Waals surface area contributed by atoms with Crippen molar-refractivity contribution < 1.29 is 5.11 Å². The Morgan fingerprint density at radius 3 is 2.00 bits per heavy atom. The Hall–Kier alpha value is -0.300. The first-order valence-electron chi connectivity index (χ1n) is 4.45. The minimum atomic E-state index is -0.565. The fourth-order valence-electron chi connectivity index (χ4n) is 0.857. The molecule has 0 aromatic heterocycles. The second kappa shape index (κ2) is 4.55. The molecule has 0 bridgehead atoms. The monoisotopic (exact) mass is 156 g/mol. The summed E-state index contributed by atoms with van der Waals surface area (Å²) in [7, 11) is 0. The highest BCUT2D eigenvalue weighted by Gasteiger charge is 2.17. The summed E-state index contributed by atoms with van der Waals surface area (Å²) in [5, 5.41) is 9.79. The van der Waals surface area contributed by atoms with E-state index in [4.69, 9.17) is 0 Å². The fraction of sp³-hybridized carbons (Fsp3) is 0.800. The van der Waals surface area contributed by atoms with Crippen LogP contribution in [-0.4, -0.2) is 10.7 Å². The summed E-state index contributed by atoms with van der Waals surface area (Å²) in [6, 6.07) is 0. The van der Waals surface area contributed by atoms with Crippen molar-refractivity contribution >= 4 is 0 Å². The molecule has 0 aliphatic heterocycles. The predicted molar refractivity (Wildman–Crippen MR) is 49.5 cm³/mol. The van der Waals surface area contributed by atoms with Crippen molar-refractivity contribution in [1.29, 1.82) is 0 Å². The van der Waals surface area contributed by atoms with Crippen molar-refractivity contribution in [3.05, 3.63) is 12.2 Å². The Kier molecular flexibility index (Phi) is 4.43. The second-order valence-corrected chi connectivity index (χ2v) is 3.41. The standard InChI is InChI=1S/C10H20O/c1-5-10(11,6-2)8-7-9(3)4/h7-9,11H,5-6H2,1-4H3/b8-7+. The van der Waals surface area contributed by atoms with Gasteiger partial charge in [-0.25, -0.2) is 0 Å². The smallest absolute Gasteiger partial charge is 0.0822 e. The van der Waals surface area contributed by atoms with E-state index in [1.54, 1.807) is 0 Å². The summed E-state index contributed by atoms with van der Waals surface area (Å²) in [6.07, 6.45) is 5.59. The zero-order valence-electron chi connectivity index (χ0n) is 8.09. The molecule has 0 heterocycles. The number of allylic oxidation sites excluding steroid dienone is 1. The number of aliphatic hydroxyl groups is 1. The van der Waals surface area contributed by atoms with Crippen molar-refractivity contribution in [2.24, 2.45) is 5.92 Å². The van der Waals surface area contributed by atoms with E-state index in [9.17, 15) is 5.11 Å². The SMILES string of the molecule is CCC(O)(/C=C/C(C)C)CC. The van der Waals surface area contributed by atoms with Gasteiger partial charge in [-0.05, 0) is 18.8 Å². The lowest BCUT2D eigenvalue weighted by Gasteiger charge is -2.20. The normalized spacial score (nSPS) is 13.3. The molecule has 0 rings (SSSR count). The topological polar surface area (TPSA) is 20.2 Å². The van der Waals surface area contributed by atoms with E-state index in [1.807, 2.05) is 19.9 Å². The average Bonchev–Trinajstić information content (AvgIpc) is 2.00. The minimum Gasteiger partial charge on any atom is -0.386 e. The first-order chi connectivity index (χ1) is 5.04. The third-order valence-electron chi connectivity index (χ3n) is 2.02. The van der Waals surface area contributed by atoms with Crippen molar-refractivity contribution in [3.63, 3.8) is 0 Å². The van der Waals surface area contributed by atoms with Gasteiger partial charge in [-0.3, -0.25) is 0 Å². The van der Waals surface area contributed by atoms with Gasteiger partial charge in [-0.15, -0.1) is 0 Å². The zero-order chi connectivity index (χ0) is 8.91. The maximum Gasteiger partial charge on any atom is 0.0822 e. The minimum absolute atomic E-state index is 0.527. The Balaban J connectivity index is 4.06. The van der Waals surface area contributed by atoms with E-state index in [1.165, 1.54) is 0 Å². The zero-order valence-corrected chi connectivity index (χ0v) is 8.09. The molecule has 0 spiro atoms. The number of hydrogen-bond acceptors (Lipinski definition) is 1. The van der Waals surface area contributed by atoms with Crippen molar-refractivity contribution in [1.82, 2.24) is 0 Å². The molecular formula is C10H20O. The van der Waals surface area contributed by atoms with Gasteiger partial charge < -0.3 is 5.11 Å². The lowest BCUT2D eigenvalue weighted by molar-refractivity contribution is 0.0823. The van der Waals surface area contributed by atoms with Crippen LogP contribution < -0.4 is 0 Å². The van der Waals surface area contributed by atoms with Crippen LogP contribution in [0, 0.1) is 5.92 Å². The van der Waals surface area contributed by atoms with E-state index in [-0.39, 0.29) is 0 Å². The molecule has 0 aromatic carbocycles. The van der Waals surface area contributed by atoms with Crippen LogP contribution in [-0.2, 0) is 0 Å². The summed E-state index contributed by atoms with van der Waals surface area (Å²) in [5.74, 6) is 0.527. The quantitative estimate of drug-likeness (QED) is 0.620. The molecule has 1 N–H and O–H groups in total. The van der Waals surface area contributed by atoms with E-state index >= 15 is 0 Å². The summed E-state index contributed by atoms with van der Waals surface area (Å²) in [6.45, 7) is 8.24. The van der Waals surface area contributed by atoms with Crippen LogP contribution in [0.3, 0.4) is 0 Å². The molecule has 0 amide bonds. The van der Waals surface area contributed by atoms with E-state index in [0.717, 1.165) is 12.8 Å². The molecule has 0 unspecified atom stereocenters. The Labute approximate surface area is 70.1 Å². The Bertz CT molecular complexity index is 121. The molecule has 0 radical (unpaired) electrons. The highest BCUT2D eigenvalue weighted by atomic mass is 16.3. The highest BCUT2D eigenvalue weighted by molar-refractivity contribution is 5.00. The molecule has 0 fully saturated rings. The lowest BCUT2D eigenvalue weighted by atomic mass is 9.96. The van der Waals surface area contributed by atoms with Gasteiger partial charge >= 0.3 is 0 Å². The van der Waals surface area contributed by atoms with Crippen molar-refractivity contribution in [2.45, 2.75) is 46.1 Å². The van der Waals surface area contributed by atoms with Gasteiger partial charge in [0, 0.05) is 0 Å². The van der Waals surface area contributed by atoms with Crippen LogP contribution in [0.4, 0.5) is 0 Å². The highest BCUT2D eigenvalue weighted by Crippen LogP contribution is 2.16. The van der Waals surface area contributed by atoms with E-state index in [0.29, 0.717) is 5.92 Å². The molecule has 11 heavy (non-hydrogen) atoms. The lowest BCUT2D eigenvalue weighted by Crippen LogP contribution is -2.23. The van der Waals surface area contributed by atoms with Crippen LogP contribution >= 0.6 is 0 Å². The van der Waals surface area contributed by atoms with Gasteiger partial charge in [0.05, 0.1) is 5.60 Å². The number of hydrogen-bond donors (Lipinski definition) is 1. The van der Waals surface area contributed by atoms with Gasteiger partial charge in [-0.2, -0.15) is 0 Å². The predicted octanol–water partition coefficient (Wildman–Crippen LogP) is 2.75. The third-order valence-corrected chi connectivity index (χ3v) is 2.02.